The van der Waals surface area contributed by atoms with E-state index < -0.39 is 0 Å². The summed E-state index contributed by atoms with van der Waals surface area (Å²) in [5.41, 5.74) is 3.15. The highest BCUT2D eigenvalue weighted by Crippen LogP contribution is 2.53. The SMILES string of the molecule is C[C@H]1OC(=O)[C@@H]2C[C@@H]3CCCC[C@H]3[C@H](/C=C/c3ccc(-c4ccc(Cl)cc4)cn3)[C@H]12. The second kappa shape index (κ2) is 8.19. The molecule has 3 fully saturated rings. The molecule has 30 heavy (non-hydrogen) atoms. The lowest BCUT2D eigenvalue weighted by atomic mass is 9.57. The fraction of sp³-hybridized carbons (Fsp3) is 0.462. The summed E-state index contributed by atoms with van der Waals surface area (Å²) in [4.78, 5) is 17.1. The molecule has 1 aromatic carbocycles. The van der Waals surface area contributed by atoms with Gasteiger partial charge in [-0.3, -0.25) is 9.78 Å². The molecule has 2 aliphatic carbocycles. The summed E-state index contributed by atoms with van der Waals surface area (Å²) in [6, 6.07) is 12.0. The number of pyridine rings is 1. The van der Waals surface area contributed by atoms with Gasteiger partial charge in [-0.15, -0.1) is 0 Å². The zero-order valence-corrected chi connectivity index (χ0v) is 18.1. The van der Waals surface area contributed by atoms with E-state index in [1.54, 1.807) is 0 Å². The first-order valence-electron chi connectivity index (χ1n) is 11.2. The third kappa shape index (κ3) is 3.69. The minimum Gasteiger partial charge on any atom is -0.462 e. The van der Waals surface area contributed by atoms with Gasteiger partial charge in [-0.1, -0.05) is 55.1 Å². The Morgan fingerprint density at radius 1 is 1.07 bits per heavy atom. The van der Waals surface area contributed by atoms with E-state index in [9.17, 15) is 4.79 Å². The second-order valence-corrected chi connectivity index (χ2v) is 9.62. The third-order valence-electron chi connectivity index (χ3n) is 7.53. The number of halogens is 1. The molecule has 2 saturated carbocycles. The highest BCUT2D eigenvalue weighted by atomic mass is 35.5. The van der Waals surface area contributed by atoms with Crippen LogP contribution in [-0.2, 0) is 9.53 Å². The highest BCUT2D eigenvalue weighted by molar-refractivity contribution is 6.30. The molecule has 1 saturated heterocycles. The van der Waals surface area contributed by atoms with Gasteiger partial charge in [-0.05, 0) is 67.4 Å². The average molecular weight is 422 g/mol. The molecule has 0 bridgehead atoms. The number of hydrogen-bond acceptors (Lipinski definition) is 3. The molecule has 2 aromatic rings. The van der Waals surface area contributed by atoms with Crippen molar-refractivity contribution in [3.63, 3.8) is 0 Å². The van der Waals surface area contributed by atoms with Gasteiger partial charge in [-0.25, -0.2) is 0 Å². The monoisotopic (exact) mass is 421 g/mol. The lowest BCUT2D eigenvalue weighted by Crippen LogP contribution is -2.42. The molecular formula is C26H28ClNO2. The molecule has 0 radical (unpaired) electrons. The van der Waals surface area contributed by atoms with Crippen LogP contribution in [0.4, 0.5) is 0 Å². The van der Waals surface area contributed by atoms with Crippen LogP contribution in [0.25, 0.3) is 17.2 Å². The van der Waals surface area contributed by atoms with E-state index in [4.69, 9.17) is 16.3 Å². The summed E-state index contributed by atoms with van der Waals surface area (Å²) in [7, 11) is 0. The van der Waals surface area contributed by atoms with E-state index in [2.05, 4.69) is 36.2 Å². The van der Waals surface area contributed by atoms with Gasteiger partial charge >= 0.3 is 5.97 Å². The number of ether oxygens (including phenoxy) is 1. The van der Waals surface area contributed by atoms with Crippen molar-refractivity contribution in [1.29, 1.82) is 0 Å². The maximum Gasteiger partial charge on any atom is 0.309 e. The van der Waals surface area contributed by atoms with Crippen molar-refractivity contribution in [3.05, 3.63) is 59.4 Å². The van der Waals surface area contributed by atoms with Gasteiger partial charge in [0.2, 0.25) is 0 Å². The molecule has 0 N–H and O–H groups in total. The second-order valence-electron chi connectivity index (χ2n) is 9.19. The minimum absolute atomic E-state index is 0.0141. The number of rotatable bonds is 3. The van der Waals surface area contributed by atoms with E-state index in [1.165, 1.54) is 25.7 Å². The number of hydrogen-bond donors (Lipinski definition) is 0. The van der Waals surface area contributed by atoms with E-state index in [0.717, 1.165) is 28.3 Å². The normalized spacial score (nSPS) is 33.2. The van der Waals surface area contributed by atoms with Crippen molar-refractivity contribution in [2.24, 2.45) is 29.6 Å². The number of carbonyl (C=O) groups is 1. The number of nitrogens with zero attached hydrogens (tertiary/aromatic N) is 1. The van der Waals surface area contributed by atoms with Crippen LogP contribution in [0.5, 0.6) is 0 Å². The van der Waals surface area contributed by atoms with Crippen molar-refractivity contribution in [3.8, 4) is 11.1 Å². The Morgan fingerprint density at radius 3 is 2.60 bits per heavy atom. The van der Waals surface area contributed by atoms with E-state index >= 15 is 0 Å². The molecular weight excluding hydrogens is 394 g/mol. The quantitative estimate of drug-likeness (QED) is 0.537. The predicted molar refractivity (Wildman–Crippen MR) is 120 cm³/mol. The predicted octanol–water partition coefficient (Wildman–Crippen LogP) is 6.42. The summed E-state index contributed by atoms with van der Waals surface area (Å²) in [6.07, 6.45) is 12.6. The zero-order chi connectivity index (χ0) is 20.7. The molecule has 3 aliphatic rings. The first kappa shape index (κ1) is 19.8. The Balaban J connectivity index is 1.38. The van der Waals surface area contributed by atoms with Crippen LogP contribution in [0.1, 0.15) is 44.7 Å². The average Bonchev–Trinajstić information content (AvgIpc) is 3.05. The topological polar surface area (TPSA) is 39.2 Å². The molecule has 0 spiro atoms. The molecule has 5 rings (SSSR count). The summed E-state index contributed by atoms with van der Waals surface area (Å²) in [5.74, 6) is 2.14. The van der Waals surface area contributed by atoms with Crippen molar-refractivity contribution in [2.45, 2.75) is 45.1 Å². The number of allylic oxidation sites excluding steroid dienone is 1. The van der Waals surface area contributed by atoms with Gasteiger partial charge in [0.05, 0.1) is 11.6 Å². The van der Waals surface area contributed by atoms with Crippen LogP contribution in [0, 0.1) is 29.6 Å². The van der Waals surface area contributed by atoms with Crippen LogP contribution in [0.3, 0.4) is 0 Å². The van der Waals surface area contributed by atoms with Crippen molar-refractivity contribution >= 4 is 23.6 Å². The minimum atomic E-state index is 0.0141. The molecule has 0 unspecified atom stereocenters. The lowest BCUT2D eigenvalue weighted by molar-refractivity contribution is -0.144. The molecule has 2 heterocycles. The zero-order valence-electron chi connectivity index (χ0n) is 17.3. The Kier molecular flexibility index (Phi) is 5.41. The number of benzene rings is 1. The summed E-state index contributed by atoms with van der Waals surface area (Å²) in [6.45, 7) is 2.08. The molecule has 4 heteroatoms. The number of fused-ring (bicyclic) bond motifs is 2. The fourth-order valence-electron chi connectivity index (χ4n) is 6.11. The Bertz CT molecular complexity index is 937. The van der Waals surface area contributed by atoms with Crippen LogP contribution in [0.2, 0.25) is 5.02 Å². The Labute approximate surface area is 183 Å². The summed E-state index contributed by atoms with van der Waals surface area (Å²) >= 11 is 5.99. The first-order valence-corrected chi connectivity index (χ1v) is 11.6. The summed E-state index contributed by atoms with van der Waals surface area (Å²) in [5, 5.41) is 0.738. The maximum atomic E-state index is 12.4. The Hall–Kier alpha value is -2.13. The fourth-order valence-corrected chi connectivity index (χ4v) is 6.24. The summed E-state index contributed by atoms with van der Waals surface area (Å²) < 4.78 is 5.67. The highest BCUT2D eigenvalue weighted by Gasteiger charge is 2.53. The van der Waals surface area contributed by atoms with Crippen LogP contribution in [-0.4, -0.2) is 17.1 Å². The van der Waals surface area contributed by atoms with Gasteiger partial charge in [0.1, 0.15) is 6.10 Å². The van der Waals surface area contributed by atoms with Crippen molar-refractivity contribution in [1.82, 2.24) is 4.98 Å². The van der Waals surface area contributed by atoms with Crippen LogP contribution in [0.15, 0.2) is 48.7 Å². The van der Waals surface area contributed by atoms with E-state index in [-0.39, 0.29) is 18.0 Å². The first-order chi connectivity index (χ1) is 14.6. The van der Waals surface area contributed by atoms with Gasteiger partial charge in [-0.2, -0.15) is 0 Å². The Morgan fingerprint density at radius 2 is 1.83 bits per heavy atom. The standard InChI is InChI=1S/C26H28ClNO2/c1-16-25-23(22-5-3-2-4-18(22)14-24(25)26(29)30-16)13-12-21-11-8-19(15-28-21)17-6-9-20(27)10-7-17/h6-13,15-16,18,22-25H,2-5,14H2,1H3/b13-12+/t16-,18+,22-,23+,24-,25+/m1/s1. The molecule has 1 aromatic heterocycles. The largest absolute Gasteiger partial charge is 0.462 e. The number of aromatic nitrogens is 1. The number of esters is 1. The van der Waals surface area contributed by atoms with Crippen LogP contribution < -0.4 is 0 Å². The number of cyclic esters (lactones) is 1. The smallest absolute Gasteiger partial charge is 0.309 e. The lowest BCUT2D eigenvalue weighted by Gasteiger charge is -2.45. The van der Waals surface area contributed by atoms with Gasteiger partial charge in [0.15, 0.2) is 0 Å². The number of carbonyl (C=O) groups excluding carboxylic acids is 1. The molecule has 1 aliphatic heterocycles. The molecule has 156 valence electrons. The van der Waals surface area contributed by atoms with E-state index in [0.29, 0.717) is 23.7 Å². The van der Waals surface area contributed by atoms with Gasteiger partial charge in [0, 0.05) is 22.7 Å². The van der Waals surface area contributed by atoms with Crippen molar-refractivity contribution < 1.29 is 9.53 Å². The van der Waals surface area contributed by atoms with Crippen molar-refractivity contribution in [2.75, 3.05) is 0 Å². The molecule has 6 atom stereocenters. The van der Waals surface area contributed by atoms with Crippen LogP contribution >= 0.6 is 11.6 Å². The van der Waals surface area contributed by atoms with Gasteiger partial charge < -0.3 is 4.74 Å². The van der Waals surface area contributed by atoms with Gasteiger partial charge in [0.25, 0.3) is 0 Å². The molecule has 0 amide bonds. The maximum absolute atomic E-state index is 12.4. The third-order valence-corrected chi connectivity index (χ3v) is 7.78. The van der Waals surface area contributed by atoms with E-state index in [1.807, 2.05) is 30.5 Å². The molecule has 3 nitrogen and oxygen atoms in total.